The van der Waals surface area contributed by atoms with Gasteiger partial charge in [0.2, 0.25) is 0 Å². The summed E-state index contributed by atoms with van der Waals surface area (Å²) in [6.07, 6.45) is 0. The predicted octanol–water partition coefficient (Wildman–Crippen LogP) is 1.39. The van der Waals surface area contributed by atoms with E-state index in [0.717, 1.165) is 5.69 Å². The normalized spacial score (nSPS) is 9.10. The van der Waals surface area contributed by atoms with Gasteiger partial charge in [0, 0.05) is 7.05 Å². The van der Waals surface area contributed by atoms with E-state index in [1.165, 1.54) is 0 Å². The first-order valence-corrected chi connectivity index (χ1v) is 2.95. The van der Waals surface area contributed by atoms with E-state index in [9.17, 15) is 0 Å². The van der Waals surface area contributed by atoms with Crippen LogP contribution in [0, 0.1) is 6.92 Å². The van der Waals surface area contributed by atoms with Crippen molar-refractivity contribution in [3.05, 3.63) is 10.8 Å². The van der Waals surface area contributed by atoms with Gasteiger partial charge in [-0.1, -0.05) is 11.6 Å². The molecule has 1 aromatic rings. The fourth-order valence-corrected chi connectivity index (χ4v) is 0.821. The highest BCUT2D eigenvalue weighted by molar-refractivity contribution is 6.32. The van der Waals surface area contributed by atoms with Crippen LogP contribution in [-0.2, 0) is 7.05 Å². The van der Waals surface area contributed by atoms with Crippen molar-refractivity contribution < 1.29 is 0 Å². The Kier molecular flexibility index (Phi) is 2.99. The second-order valence-corrected chi connectivity index (χ2v) is 2.27. The van der Waals surface area contributed by atoms with Crippen LogP contribution in [0.5, 0.6) is 0 Å². The molecule has 0 saturated carbocycles. The van der Waals surface area contributed by atoms with Crippen molar-refractivity contribution in [2.24, 2.45) is 7.05 Å². The molecule has 0 atom stereocenters. The Morgan fingerprint density at radius 2 is 2.10 bits per heavy atom. The highest BCUT2D eigenvalue weighted by Crippen LogP contribution is 2.19. The Labute approximate surface area is 70.6 Å². The van der Waals surface area contributed by atoms with E-state index >= 15 is 0 Å². The maximum absolute atomic E-state index is 5.67. The van der Waals surface area contributed by atoms with Gasteiger partial charge in [-0.15, -0.1) is 12.4 Å². The van der Waals surface area contributed by atoms with Crippen LogP contribution in [0.4, 0.5) is 5.69 Å². The lowest BCUT2D eigenvalue weighted by Crippen LogP contribution is -1.89. The van der Waals surface area contributed by atoms with Crippen LogP contribution in [0.15, 0.2) is 0 Å². The average molecular weight is 182 g/mol. The average Bonchev–Trinajstić information content (AvgIpc) is 1.98. The number of rotatable bonds is 0. The monoisotopic (exact) mass is 181 g/mol. The molecule has 0 aliphatic carbocycles. The highest BCUT2D eigenvalue weighted by Gasteiger charge is 2.04. The number of nitrogen functional groups attached to an aromatic ring is 1. The van der Waals surface area contributed by atoms with Crippen LogP contribution < -0.4 is 5.73 Å². The van der Waals surface area contributed by atoms with Crippen LogP contribution in [-0.4, -0.2) is 9.78 Å². The van der Waals surface area contributed by atoms with Gasteiger partial charge in [0.25, 0.3) is 0 Å². The second kappa shape index (κ2) is 3.12. The molecule has 0 fully saturated rings. The molecule has 58 valence electrons. The molecule has 0 saturated heterocycles. The summed E-state index contributed by atoms with van der Waals surface area (Å²) in [6.45, 7) is 1.82. The summed E-state index contributed by atoms with van der Waals surface area (Å²) in [6, 6.07) is 0. The van der Waals surface area contributed by atoms with Gasteiger partial charge < -0.3 is 5.73 Å². The molecular weight excluding hydrogens is 173 g/mol. The number of hydrogen-bond donors (Lipinski definition) is 1. The lowest BCUT2D eigenvalue weighted by molar-refractivity contribution is 0.757. The van der Waals surface area contributed by atoms with Crippen molar-refractivity contribution in [2.45, 2.75) is 6.92 Å². The molecule has 1 heterocycles. The van der Waals surface area contributed by atoms with Crippen LogP contribution in [0.25, 0.3) is 0 Å². The van der Waals surface area contributed by atoms with Gasteiger partial charge in [-0.3, -0.25) is 4.68 Å². The first kappa shape index (κ1) is 9.59. The van der Waals surface area contributed by atoms with Gasteiger partial charge in [-0.25, -0.2) is 0 Å². The van der Waals surface area contributed by atoms with E-state index in [2.05, 4.69) is 5.10 Å². The third-order valence-corrected chi connectivity index (χ3v) is 1.64. The van der Waals surface area contributed by atoms with Crippen molar-refractivity contribution in [2.75, 3.05) is 5.73 Å². The lowest BCUT2D eigenvalue weighted by atomic mass is 10.4. The first-order chi connectivity index (χ1) is 4.13. The molecule has 1 rings (SSSR count). The van der Waals surface area contributed by atoms with Gasteiger partial charge in [-0.05, 0) is 6.92 Å². The highest BCUT2D eigenvalue weighted by atomic mass is 35.5. The summed E-state index contributed by atoms with van der Waals surface area (Å²) in [4.78, 5) is 0. The van der Waals surface area contributed by atoms with E-state index in [4.69, 9.17) is 17.3 Å². The van der Waals surface area contributed by atoms with E-state index in [1.54, 1.807) is 11.7 Å². The molecule has 0 aromatic carbocycles. The van der Waals surface area contributed by atoms with Crippen LogP contribution >= 0.6 is 24.0 Å². The maximum atomic E-state index is 5.67. The first-order valence-electron chi connectivity index (χ1n) is 2.57. The Bertz CT molecular complexity index is 209. The van der Waals surface area contributed by atoms with E-state index in [-0.39, 0.29) is 12.4 Å². The molecule has 1 aromatic heterocycles. The minimum Gasteiger partial charge on any atom is -0.395 e. The van der Waals surface area contributed by atoms with Crippen LogP contribution in [0.2, 0.25) is 5.15 Å². The quantitative estimate of drug-likeness (QED) is 0.658. The molecule has 0 aliphatic heterocycles. The third-order valence-electron chi connectivity index (χ3n) is 1.20. The molecule has 0 radical (unpaired) electrons. The molecule has 2 N–H and O–H groups in total. The molecule has 0 aliphatic rings. The van der Waals surface area contributed by atoms with E-state index in [0.29, 0.717) is 10.8 Å². The van der Waals surface area contributed by atoms with Crippen LogP contribution in [0.1, 0.15) is 5.69 Å². The molecular formula is C5H9Cl2N3. The van der Waals surface area contributed by atoms with Crippen molar-refractivity contribution >= 4 is 29.7 Å². The molecule has 0 spiro atoms. The van der Waals surface area contributed by atoms with Gasteiger partial charge in [0.05, 0.1) is 11.4 Å². The summed E-state index contributed by atoms with van der Waals surface area (Å²) in [5, 5.41) is 4.48. The number of nitrogens with two attached hydrogens (primary N) is 1. The predicted molar refractivity (Wildman–Crippen MR) is 44.6 cm³/mol. The van der Waals surface area contributed by atoms with Crippen molar-refractivity contribution in [3.63, 3.8) is 0 Å². The maximum Gasteiger partial charge on any atom is 0.150 e. The fourth-order valence-electron chi connectivity index (χ4n) is 0.646. The van der Waals surface area contributed by atoms with Crippen molar-refractivity contribution in [1.29, 1.82) is 0 Å². The number of aryl methyl sites for hydroxylation is 2. The summed E-state index contributed by atoms with van der Waals surface area (Å²) in [5.41, 5.74) is 6.84. The summed E-state index contributed by atoms with van der Waals surface area (Å²) in [7, 11) is 1.76. The Balaban J connectivity index is 0.000000810. The smallest absolute Gasteiger partial charge is 0.150 e. The third kappa shape index (κ3) is 1.36. The fraction of sp³-hybridized carbons (Fsp3) is 0.400. The van der Waals surface area contributed by atoms with E-state index in [1.807, 2.05) is 6.92 Å². The van der Waals surface area contributed by atoms with E-state index < -0.39 is 0 Å². The minimum atomic E-state index is 0. The molecule has 0 unspecified atom stereocenters. The van der Waals surface area contributed by atoms with Gasteiger partial charge >= 0.3 is 0 Å². The SMILES string of the molecule is Cc1nn(C)c(Cl)c1N.Cl. The lowest BCUT2D eigenvalue weighted by Gasteiger charge is -1.87. The van der Waals surface area contributed by atoms with Gasteiger partial charge in [-0.2, -0.15) is 5.10 Å². The second-order valence-electron chi connectivity index (χ2n) is 1.91. The Morgan fingerprint density at radius 1 is 1.60 bits per heavy atom. The summed E-state index contributed by atoms with van der Waals surface area (Å²) >= 11 is 5.67. The number of halogens is 2. The standard InChI is InChI=1S/C5H8ClN3.ClH/c1-3-4(7)5(6)9(2)8-3;/h7H2,1-2H3;1H. The molecule has 10 heavy (non-hydrogen) atoms. The number of aromatic nitrogens is 2. The van der Waals surface area contributed by atoms with Crippen molar-refractivity contribution in [3.8, 4) is 0 Å². The van der Waals surface area contributed by atoms with Crippen molar-refractivity contribution in [1.82, 2.24) is 9.78 Å². The minimum absolute atomic E-state index is 0. The zero-order valence-corrected chi connectivity index (χ0v) is 7.33. The summed E-state index contributed by atoms with van der Waals surface area (Å²) in [5.74, 6) is 0. The van der Waals surface area contributed by atoms with Crippen LogP contribution in [0.3, 0.4) is 0 Å². The number of anilines is 1. The largest absolute Gasteiger partial charge is 0.395 e. The molecule has 0 bridgehead atoms. The zero-order chi connectivity index (χ0) is 7.02. The Hall–Kier alpha value is -0.410. The molecule has 5 heteroatoms. The molecule has 0 amide bonds. The number of hydrogen-bond acceptors (Lipinski definition) is 2. The molecule has 3 nitrogen and oxygen atoms in total. The van der Waals surface area contributed by atoms with Gasteiger partial charge in [0.1, 0.15) is 5.15 Å². The Morgan fingerprint density at radius 3 is 2.20 bits per heavy atom. The number of nitrogens with zero attached hydrogens (tertiary/aromatic N) is 2. The summed E-state index contributed by atoms with van der Waals surface area (Å²) < 4.78 is 1.55. The zero-order valence-electron chi connectivity index (χ0n) is 5.76. The topological polar surface area (TPSA) is 43.8 Å². The van der Waals surface area contributed by atoms with Gasteiger partial charge in [0.15, 0.2) is 0 Å².